The highest BCUT2D eigenvalue weighted by atomic mass is 15.2. The Balaban J connectivity index is 3.89. The van der Waals surface area contributed by atoms with Gasteiger partial charge < -0.3 is 38.9 Å². The lowest BCUT2D eigenvalue weighted by Gasteiger charge is -2.27. The lowest BCUT2D eigenvalue weighted by molar-refractivity contribution is 0.205. The molecule has 0 aromatic rings. The van der Waals surface area contributed by atoms with Crippen molar-refractivity contribution in [2.45, 2.75) is 25.7 Å². The van der Waals surface area contributed by atoms with Crippen LogP contribution in [0.3, 0.4) is 0 Å². The van der Waals surface area contributed by atoms with Gasteiger partial charge in [0.05, 0.1) is 0 Å². The normalized spacial score (nSPS) is 12.0. The molecule has 0 heterocycles. The zero-order chi connectivity index (χ0) is 21.6. The summed E-state index contributed by atoms with van der Waals surface area (Å²) in [6.45, 7) is 14.6. The van der Waals surface area contributed by atoms with Crippen LogP contribution >= 0.6 is 0 Å². The second-order valence-corrected chi connectivity index (χ2v) is 7.63. The van der Waals surface area contributed by atoms with Crippen LogP contribution in [0, 0.1) is 0 Å². The first-order valence-corrected chi connectivity index (χ1v) is 11.6. The van der Waals surface area contributed by atoms with Gasteiger partial charge in [-0.2, -0.15) is 0 Å². The van der Waals surface area contributed by atoms with Crippen LogP contribution in [0.25, 0.3) is 0 Å². The van der Waals surface area contributed by atoms with Crippen molar-refractivity contribution < 1.29 is 0 Å². The summed E-state index contributed by atoms with van der Waals surface area (Å²) in [5.74, 6) is 0. The number of hydrogen-bond acceptors (Lipinski definition) is 9. The lowest BCUT2D eigenvalue weighted by Crippen LogP contribution is -2.40. The van der Waals surface area contributed by atoms with Gasteiger partial charge in [0.25, 0.3) is 0 Å². The number of rotatable bonds is 23. The van der Waals surface area contributed by atoms with Gasteiger partial charge in [-0.25, -0.2) is 0 Å². The van der Waals surface area contributed by atoms with Crippen LogP contribution in [0.1, 0.15) is 25.7 Å². The fourth-order valence-electron chi connectivity index (χ4n) is 3.46. The Bertz CT molecular complexity index is 308. The first kappa shape index (κ1) is 28.6. The summed E-state index contributed by atoms with van der Waals surface area (Å²) in [5.41, 5.74) is 28.4. The maximum atomic E-state index is 5.71. The molecule has 9 heteroatoms. The van der Waals surface area contributed by atoms with Crippen molar-refractivity contribution in [1.29, 1.82) is 0 Å². The van der Waals surface area contributed by atoms with E-state index < -0.39 is 0 Å². The molecule has 11 N–H and O–H groups in total. The topological polar surface area (TPSA) is 152 Å². The first-order chi connectivity index (χ1) is 14.2. The molecule has 0 unspecified atom stereocenters. The maximum absolute atomic E-state index is 5.71. The molecule has 0 rings (SSSR count). The number of nitrogens with one attached hydrogen (secondary N) is 1. The molecule has 0 aliphatic rings. The highest BCUT2D eigenvalue weighted by Crippen LogP contribution is 2.01. The number of unbranched alkanes of at least 4 members (excludes halogenated alkanes) is 2. The summed E-state index contributed by atoms with van der Waals surface area (Å²) >= 11 is 0. The summed E-state index contributed by atoms with van der Waals surface area (Å²) in [6.07, 6.45) is 4.74. The van der Waals surface area contributed by atoms with Gasteiger partial charge in [0.2, 0.25) is 0 Å². The Morgan fingerprint density at radius 1 is 0.379 bits per heavy atom. The van der Waals surface area contributed by atoms with Gasteiger partial charge in [-0.3, -0.25) is 9.80 Å². The van der Waals surface area contributed by atoms with E-state index in [9.17, 15) is 0 Å². The summed E-state index contributed by atoms with van der Waals surface area (Å²) in [5, 5.41) is 3.54. The van der Waals surface area contributed by atoms with E-state index in [0.717, 1.165) is 85.0 Å². The lowest BCUT2D eigenvalue weighted by atomic mass is 10.2. The van der Waals surface area contributed by atoms with E-state index in [2.05, 4.69) is 20.0 Å². The molecule has 0 spiro atoms. The predicted octanol–water partition coefficient (Wildman–Crippen LogP) is -2.16. The van der Waals surface area contributed by atoms with E-state index in [1.165, 1.54) is 19.3 Å². The molecule has 0 saturated heterocycles. The van der Waals surface area contributed by atoms with Crippen molar-refractivity contribution in [3.63, 3.8) is 0 Å². The fraction of sp³-hybridized carbons (Fsp3) is 1.00. The minimum Gasteiger partial charge on any atom is -0.330 e. The molecule has 0 fully saturated rings. The molecule has 0 aromatic heterocycles. The molecule has 0 aliphatic carbocycles. The summed E-state index contributed by atoms with van der Waals surface area (Å²) in [7, 11) is 0. The third-order valence-electron chi connectivity index (χ3n) is 5.12. The van der Waals surface area contributed by atoms with Crippen molar-refractivity contribution in [3.05, 3.63) is 0 Å². The zero-order valence-electron chi connectivity index (χ0n) is 18.9. The van der Waals surface area contributed by atoms with E-state index in [0.29, 0.717) is 26.2 Å². The molecule has 0 bridgehead atoms. The third-order valence-corrected chi connectivity index (χ3v) is 5.12. The zero-order valence-corrected chi connectivity index (χ0v) is 18.9. The summed E-state index contributed by atoms with van der Waals surface area (Å²) in [4.78, 5) is 7.22. The third kappa shape index (κ3) is 18.2. The highest BCUT2D eigenvalue weighted by molar-refractivity contribution is 4.66. The van der Waals surface area contributed by atoms with E-state index in [-0.39, 0.29) is 0 Å². The van der Waals surface area contributed by atoms with E-state index in [4.69, 9.17) is 28.7 Å². The van der Waals surface area contributed by atoms with E-state index in [1.807, 2.05) is 0 Å². The van der Waals surface area contributed by atoms with Crippen LogP contribution < -0.4 is 34.0 Å². The molecule has 0 aliphatic heterocycles. The predicted molar refractivity (Wildman–Crippen MR) is 126 cm³/mol. The first-order valence-electron chi connectivity index (χ1n) is 11.6. The quantitative estimate of drug-likeness (QED) is 0.102. The molecule has 9 nitrogen and oxygen atoms in total. The largest absolute Gasteiger partial charge is 0.330 e. The fourth-order valence-corrected chi connectivity index (χ4v) is 3.46. The van der Waals surface area contributed by atoms with Gasteiger partial charge in [-0.1, -0.05) is 6.42 Å². The van der Waals surface area contributed by atoms with Crippen LogP contribution in [0.4, 0.5) is 0 Å². The van der Waals surface area contributed by atoms with Crippen LogP contribution in [-0.4, -0.2) is 119 Å². The Morgan fingerprint density at radius 2 is 0.862 bits per heavy atom. The van der Waals surface area contributed by atoms with Crippen LogP contribution in [-0.2, 0) is 0 Å². The van der Waals surface area contributed by atoms with E-state index in [1.54, 1.807) is 0 Å². The standard InChI is InChI=1S/C20H51N9/c21-5-4-13-27(19-20-29(16-8-24)17-9-25)12-3-1-2-10-26-11-18-28(14-6-22)15-7-23/h26H,1-25H2. The summed E-state index contributed by atoms with van der Waals surface area (Å²) in [6, 6.07) is 0. The maximum Gasteiger partial charge on any atom is 0.0110 e. The molecular weight excluding hydrogens is 366 g/mol. The van der Waals surface area contributed by atoms with Gasteiger partial charge in [0.15, 0.2) is 0 Å². The van der Waals surface area contributed by atoms with Gasteiger partial charge >= 0.3 is 0 Å². The number of nitrogens with zero attached hydrogens (tertiary/aromatic N) is 3. The minimum absolute atomic E-state index is 0.687. The van der Waals surface area contributed by atoms with Gasteiger partial charge in [-0.05, 0) is 45.4 Å². The Hall–Kier alpha value is -0.360. The molecule has 29 heavy (non-hydrogen) atoms. The molecule has 0 amide bonds. The molecule has 0 radical (unpaired) electrons. The van der Waals surface area contributed by atoms with Crippen molar-refractivity contribution in [2.24, 2.45) is 28.7 Å². The van der Waals surface area contributed by atoms with Crippen molar-refractivity contribution in [1.82, 2.24) is 20.0 Å². The van der Waals surface area contributed by atoms with E-state index >= 15 is 0 Å². The molecule has 0 aromatic carbocycles. The van der Waals surface area contributed by atoms with Crippen LogP contribution in [0.2, 0.25) is 0 Å². The summed E-state index contributed by atoms with van der Waals surface area (Å²) < 4.78 is 0. The average molecular weight is 418 g/mol. The number of nitrogens with two attached hydrogens (primary N) is 5. The van der Waals surface area contributed by atoms with Crippen LogP contribution in [0.5, 0.6) is 0 Å². The second kappa shape index (κ2) is 22.3. The van der Waals surface area contributed by atoms with Crippen molar-refractivity contribution in [2.75, 3.05) is 105 Å². The van der Waals surface area contributed by atoms with Gasteiger partial charge in [-0.15, -0.1) is 0 Å². The average Bonchev–Trinajstić information content (AvgIpc) is 2.71. The molecular formula is C20H51N9. The molecule has 176 valence electrons. The van der Waals surface area contributed by atoms with Crippen molar-refractivity contribution in [3.8, 4) is 0 Å². The monoisotopic (exact) mass is 417 g/mol. The van der Waals surface area contributed by atoms with Gasteiger partial charge in [0, 0.05) is 78.5 Å². The molecule has 0 atom stereocenters. The second-order valence-electron chi connectivity index (χ2n) is 7.63. The molecule has 0 saturated carbocycles. The smallest absolute Gasteiger partial charge is 0.0110 e. The van der Waals surface area contributed by atoms with Crippen molar-refractivity contribution >= 4 is 0 Å². The Kier molecular flexibility index (Phi) is 22.1. The van der Waals surface area contributed by atoms with Gasteiger partial charge in [0.1, 0.15) is 0 Å². The minimum atomic E-state index is 0.687. The Morgan fingerprint density at radius 3 is 1.38 bits per heavy atom. The Labute approximate surface area is 179 Å². The SMILES string of the molecule is NCCCN(CCCCCNCCN(CCN)CCN)CCN(CCN)CCN. The van der Waals surface area contributed by atoms with Crippen LogP contribution in [0.15, 0.2) is 0 Å². The highest BCUT2D eigenvalue weighted by Gasteiger charge is 2.08. The number of hydrogen-bond donors (Lipinski definition) is 6.